The van der Waals surface area contributed by atoms with Crippen molar-refractivity contribution in [3.8, 4) is 0 Å². The van der Waals surface area contributed by atoms with Crippen molar-refractivity contribution in [1.82, 2.24) is 9.88 Å². The van der Waals surface area contributed by atoms with Gasteiger partial charge in [0.2, 0.25) is 0 Å². The first kappa shape index (κ1) is 13.0. The Morgan fingerprint density at radius 3 is 2.94 bits per heavy atom. The lowest BCUT2D eigenvalue weighted by Gasteiger charge is -2.24. The van der Waals surface area contributed by atoms with Gasteiger partial charge in [0, 0.05) is 41.5 Å². The molecule has 1 amide bonds. The zero-order valence-electron chi connectivity index (χ0n) is 10.9. The molecule has 0 aliphatic rings. The van der Waals surface area contributed by atoms with Crippen molar-refractivity contribution >= 4 is 28.6 Å². The molecule has 0 saturated carbocycles. The summed E-state index contributed by atoms with van der Waals surface area (Å²) in [5.41, 5.74) is 1.81. The Kier molecular flexibility index (Phi) is 3.97. The maximum atomic E-state index is 12.3. The van der Waals surface area contributed by atoms with Crippen LogP contribution in [0.15, 0.2) is 30.5 Å². The van der Waals surface area contributed by atoms with E-state index in [4.69, 9.17) is 0 Å². The maximum absolute atomic E-state index is 12.3. The third-order valence-corrected chi connectivity index (χ3v) is 4.01. The van der Waals surface area contributed by atoms with Gasteiger partial charge in [0.25, 0.3) is 5.91 Å². The van der Waals surface area contributed by atoms with Gasteiger partial charge in [0.15, 0.2) is 0 Å². The lowest BCUT2D eigenvalue weighted by atomic mass is 10.1. The van der Waals surface area contributed by atoms with E-state index in [0.717, 1.165) is 22.2 Å². The molecule has 3 nitrogen and oxygen atoms in total. The van der Waals surface area contributed by atoms with Gasteiger partial charge in [-0.3, -0.25) is 4.79 Å². The summed E-state index contributed by atoms with van der Waals surface area (Å²) in [5.74, 6) is 1.04. The number of H-pyrrole nitrogens is 1. The molecule has 4 heteroatoms. The van der Waals surface area contributed by atoms with Crippen molar-refractivity contribution in [2.75, 3.05) is 19.1 Å². The van der Waals surface area contributed by atoms with Crippen LogP contribution in [0.25, 0.3) is 10.9 Å². The molecule has 0 aliphatic heterocycles. The lowest BCUT2D eigenvalue weighted by molar-refractivity contribution is 0.0757. The summed E-state index contributed by atoms with van der Waals surface area (Å²) in [6.45, 7) is 2.07. The molecule has 0 saturated heterocycles. The number of nitrogens with zero attached hydrogens (tertiary/aromatic N) is 1. The molecule has 96 valence electrons. The summed E-state index contributed by atoms with van der Waals surface area (Å²) in [7, 11) is 1.87. The highest BCUT2D eigenvalue weighted by Gasteiger charge is 2.17. The molecule has 1 unspecified atom stereocenters. The van der Waals surface area contributed by atoms with Crippen LogP contribution in [-0.2, 0) is 0 Å². The minimum absolute atomic E-state index is 0.0830. The molecule has 2 aromatic rings. The van der Waals surface area contributed by atoms with Gasteiger partial charge in [0.1, 0.15) is 0 Å². The van der Waals surface area contributed by atoms with Crippen LogP contribution in [0.1, 0.15) is 17.3 Å². The first-order chi connectivity index (χ1) is 8.63. The largest absolute Gasteiger partial charge is 0.361 e. The normalized spacial score (nSPS) is 12.6. The number of aromatic amines is 1. The number of nitrogens with one attached hydrogen (secondary N) is 1. The monoisotopic (exact) mass is 262 g/mol. The standard InChI is InChI=1S/C14H18N2OS/c1-10(9-18-3)16(2)14(17)12-4-5-13-11(8-12)6-7-15-13/h4-8,10,15H,9H2,1-3H3. The summed E-state index contributed by atoms with van der Waals surface area (Å²) in [6, 6.07) is 8.00. The SMILES string of the molecule is CSCC(C)N(C)C(=O)c1ccc2[nH]ccc2c1. The molecule has 0 fully saturated rings. The minimum atomic E-state index is 0.0830. The quantitative estimate of drug-likeness (QED) is 0.919. The topological polar surface area (TPSA) is 36.1 Å². The van der Waals surface area contributed by atoms with Gasteiger partial charge in [-0.05, 0) is 37.4 Å². The van der Waals surface area contributed by atoms with Crippen LogP contribution in [0.3, 0.4) is 0 Å². The number of aromatic nitrogens is 1. The van der Waals surface area contributed by atoms with E-state index in [0.29, 0.717) is 0 Å². The number of benzene rings is 1. The number of fused-ring (bicyclic) bond motifs is 1. The van der Waals surface area contributed by atoms with E-state index in [1.165, 1.54) is 0 Å². The highest BCUT2D eigenvalue weighted by atomic mass is 32.2. The molecule has 1 N–H and O–H groups in total. The van der Waals surface area contributed by atoms with Crippen molar-refractivity contribution in [1.29, 1.82) is 0 Å². The van der Waals surface area contributed by atoms with E-state index in [2.05, 4.69) is 18.2 Å². The lowest BCUT2D eigenvalue weighted by Crippen LogP contribution is -2.36. The van der Waals surface area contributed by atoms with E-state index in [9.17, 15) is 4.79 Å². The van der Waals surface area contributed by atoms with Crippen LogP contribution >= 0.6 is 11.8 Å². The number of amides is 1. The Morgan fingerprint density at radius 1 is 1.44 bits per heavy atom. The fourth-order valence-electron chi connectivity index (χ4n) is 1.94. The zero-order valence-corrected chi connectivity index (χ0v) is 11.8. The third-order valence-electron chi connectivity index (χ3n) is 3.19. The van der Waals surface area contributed by atoms with Gasteiger partial charge < -0.3 is 9.88 Å². The number of hydrogen-bond donors (Lipinski definition) is 1. The first-order valence-corrected chi connectivity index (χ1v) is 7.36. The van der Waals surface area contributed by atoms with Gasteiger partial charge in [-0.15, -0.1) is 0 Å². The molecule has 0 bridgehead atoms. The second kappa shape index (κ2) is 5.48. The van der Waals surface area contributed by atoms with Crippen LogP contribution in [0.5, 0.6) is 0 Å². The van der Waals surface area contributed by atoms with E-state index in [1.54, 1.807) is 11.8 Å². The van der Waals surface area contributed by atoms with Gasteiger partial charge in [-0.2, -0.15) is 11.8 Å². The fraction of sp³-hybridized carbons (Fsp3) is 0.357. The molecule has 1 aromatic carbocycles. The molecule has 1 heterocycles. The summed E-state index contributed by atoms with van der Waals surface area (Å²) >= 11 is 1.76. The van der Waals surface area contributed by atoms with Gasteiger partial charge >= 0.3 is 0 Å². The molecule has 0 spiro atoms. The Balaban J connectivity index is 2.21. The number of carbonyl (C=O) groups excluding carboxylic acids is 1. The number of hydrogen-bond acceptors (Lipinski definition) is 2. The second-order valence-electron chi connectivity index (χ2n) is 4.50. The predicted molar refractivity (Wildman–Crippen MR) is 78.2 cm³/mol. The first-order valence-electron chi connectivity index (χ1n) is 5.96. The molecule has 0 aliphatic carbocycles. The maximum Gasteiger partial charge on any atom is 0.253 e. The number of rotatable bonds is 4. The minimum Gasteiger partial charge on any atom is -0.361 e. The Morgan fingerprint density at radius 2 is 2.22 bits per heavy atom. The number of thioether (sulfide) groups is 1. The van der Waals surface area contributed by atoms with Crippen molar-refractivity contribution in [2.45, 2.75) is 13.0 Å². The van der Waals surface area contributed by atoms with Crippen LogP contribution in [0.4, 0.5) is 0 Å². The molecule has 1 aromatic heterocycles. The van der Waals surface area contributed by atoms with Gasteiger partial charge in [-0.25, -0.2) is 0 Å². The smallest absolute Gasteiger partial charge is 0.253 e. The Bertz CT molecular complexity index is 549. The zero-order chi connectivity index (χ0) is 13.1. The predicted octanol–water partition coefficient (Wildman–Crippen LogP) is 2.99. The molecular weight excluding hydrogens is 244 g/mol. The summed E-state index contributed by atoms with van der Waals surface area (Å²) in [4.78, 5) is 17.3. The Labute approximate surface area is 112 Å². The molecular formula is C14H18N2OS. The fourth-order valence-corrected chi connectivity index (χ4v) is 2.65. The van der Waals surface area contributed by atoms with Gasteiger partial charge in [-0.1, -0.05) is 0 Å². The van der Waals surface area contributed by atoms with E-state index in [-0.39, 0.29) is 11.9 Å². The van der Waals surface area contributed by atoms with Crippen molar-refractivity contribution < 1.29 is 4.79 Å². The van der Waals surface area contributed by atoms with Crippen molar-refractivity contribution in [3.05, 3.63) is 36.0 Å². The molecule has 1 atom stereocenters. The molecule has 2 rings (SSSR count). The van der Waals surface area contributed by atoms with Crippen LogP contribution in [-0.4, -0.2) is 40.9 Å². The number of carbonyl (C=O) groups is 1. The summed E-state index contributed by atoms with van der Waals surface area (Å²) < 4.78 is 0. The average Bonchev–Trinajstić information content (AvgIpc) is 2.84. The van der Waals surface area contributed by atoms with E-state index in [1.807, 2.05) is 42.4 Å². The molecule has 18 heavy (non-hydrogen) atoms. The van der Waals surface area contributed by atoms with Crippen LogP contribution in [0.2, 0.25) is 0 Å². The highest BCUT2D eigenvalue weighted by Crippen LogP contribution is 2.16. The van der Waals surface area contributed by atoms with Gasteiger partial charge in [0.05, 0.1) is 0 Å². The average molecular weight is 262 g/mol. The summed E-state index contributed by atoms with van der Waals surface area (Å²) in [6.07, 6.45) is 3.94. The molecule has 0 radical (unpaired) electrons. The van der Waals surface area contributed by atoms with Crippen molar-refractivity contribution in [2.24, 2.45) is 0 Å². The third kappa shape index (κ3) is 2.53. The van der Waals surface area contributed by atoms with Crippen molar-refractivity contribution in [3.63, 3.8) is 0 Å². The highest BCUT2D eigenvalue weighted by molar-refractivity contribution is 7.98. The van der Waals surface area contributed by atoms with Crippen LogP contribution in [0, 0.1) is 0 Å². The Hall–Kier alpha value is -1.42. The van der Waals surface area contributed by atoms with E-state index < -0.39 is 0 Å². The summed E-state index contributed by atoms with van der Waals surface area (Å²) in [5, 5.41) is 1.08. The van der Waals surface area contributed by atoms with Crippen LogP contribution < -0.4 is 0 Å². The second-order valence-corrected chi connectivity index (χ2v) is 5.41. The van der Waals surface area contributed by atoms with E-state index >= 15 is 0 Å².